The van der Waals surface area contributed by atoms with Crippen molar-refractivity contribution in [3.05, 3.63) is 42.0 Å². The number of phenols is 1. The van der Waals surface area contributed by atoms with E-state index in [0.29, 0.717) is 0 Å². The maximum absolute atomic E-state index is 12.4. The second-order valence-corrected chi connectivity index (χ2v) is 7.31. The fourth-order valence-corrected chi connectivity index (χ4v) is 3.25. The number of carbonyl (C=O) groups excluding carboxylic acids is 1. The van der Waals surface area contributed by atoms with E-state index in [9.17, 15) is 9.90 Å². The van der Waals surface area contributed by atoms with Crippen LogP contribution in [0.1, 0.15) is 101 Å². The molecule has 152 valence electrons. The van der Waals surface area contributed by atoms with E-state index >= 15 is 0 Å². The van der Waals surface area contributed by atoms with Crippen LogP contribution in [0.15, 0.2) is 36.4 Å². The van der Waals surface area contributed by atoms with Gasteiger partial charge in [-0.2, -0.15) is 0 Å². The van der Waals surface area contributed by atoms with Gasteiger partial charge < -0.3 is 9.84 Å². The predicted molar refractivity (Wildman–Crippen MR) is 113 cm³/mol. The molecule has 27 heavy (non-hydrogen) atoms. The lowest BCUT2D eigenvalue weighted by Gasteiger charge is -2.18. The number of allylic oxidation sites excluding steroid dienone is 2. The minimum Gasteiger partial charge on any atom is -0.507 e. The van der Waals surface area contributed by atoms with Gasteiger partial charge in [0.2, 0.25) is 0 Å². The molecule has 0 aromatic heterocycles. The van der Waals surface area contributed by atoms with E-state index in [4.69, 9.17) is 4.74 Å². The summed E-state index contributed by atoms with van der Waals surface area (Å²) >= 11 is 0. The molecular formula is C24H38O3. The van der Waals surface area contributed by atoms with E-state index in [2.05, 4.69) is 26.0 Å². The quantitative estimate of drug-likeness (QED) is 0.201. The Morgan fingerprint density at radius 2 is 1.63 bits per heavy atom. The number of unbranched alkanes of at least 4 members (excludes halogenated alkanes) is 8. The molecule has 0 amide bonds. The molecule has 1 unspecified atom stereocenters. The molecular weight excluding hydrogens is 336 g/mol. The number of ether oxygens (including phenoxy) is 1. The molecule has 3 heteroatoms. The summed E-state index contributed by atoms with van der Waals surface area (Å²) in [6.07, 6.45) is 18.0. The molecule has 1 rings (SSSR count). The Labute approximate surface area is 165 Å². The topological polar surface area (TPSA) is 46.5 Å². The highest BCUT2D eigenvalue weighted by Crippen LogP contribution is 2.21. The maximum Gasteiger partial charge on any atom is 0.342 e. The zero-order valence-corrected chi connectivity index (χ0v) is 17.3. The van der Waals surface area contributed by atoms with Crippen LogP contribution in [0.3, 0.4) is 0 Å². The monoisotopic (exact) mass is 374 g/mol. The van der Waals surface area contributed by atoms with Gasteiger partial charge in [-0.25, -0.2) is 4.79 Å². The van der Waals surface area contributed by atoms with Crippen molar-refractivity contribution in [2.75, 3.05) is 0 Å². The van der Waals surface area contributed by atoms with Gasteiger partial charge in [0.05, 0.1) is 0 Å². The van der Waals surface area contributed by atoms with Gasteiger partial charge >= 0.3 is 5.97 Å². The molecule has 0 aliphatic carbocycles. The predicted octanol–water partition coefficient (Wildman–Crippen LogP) is 7.19. The number of hydrogen-bond acceptors (Lipinski definition) is 3. The summed E-state index contributed by atoms with van der Waals surface area (Å²) in [6, 6.07) is 6.62. The van der Waals surface area contributed by atoms with Crippen molar-refractivity contribution < 1.29 is 14.6 Å². The Balaban J connectivity index is 2.44. The second-order valence-electron chi connectivity index (χ2n) is 7.31. The third-order valence-corrected chi connectivity index (χ3v) is 4.91. The van der Waals surface area contributed by atoms with Crippen LogP contribution in [0.4, 0.5) is 0 Å². The molecule has 0 bridgehead atoms. The van der Waals surface area contributed by atoms with Gasteiger partial charge in [0, 0.05) is 0 Å². The second kappa shape index (κ2) is 15.3. The van der Waals surface area contributed by atoms with Crippen LogP contribution in [0.25, 0.3) is 0 Å². The fraction of sp³-hybridized carbons (Fsp3) is 0.625. The van der Waals surface area contributed by atoms with Crippen LogP contribution in [-0.4, -0.2) is 17.2 Å². The molecule has 0 saturated heterocycles. The molecule has 1 N–H and O–H groups in total. The summed E-state index contributed by atoms with van der Waals surface area (Å²) in [5.41, 5.74) is 0.264. The number of hydrogen-bond donors (Lipinski definition) is 1. The number of benzene rings is 1. The molecule has 0 fully saturated rings. The summed E-state index contributed by atoms with van der Waals surface area (Å²) in [6.45, 7) is 4.28. The van der Waals surface area contributed by atoms with Crippen LogP contribution >= 0.6 is 0 Å². The molecule has 0 aliphatic rings. The Kier molecular flexibility index (Phi) is 13.2. The lowest BCUT2D eigenvalue weighted by Crippen LogP contribution is -2.18. The zero-order chi connectivity index (χ0) is 19.7. The third-order valence-electron chi connectivity index (χ3n) is 4.91. The number of para-hydroxylation sites is 1. The molecule has 1 aromatic rings. The molecule has 3 nitrogen and oxygen atoms in total. The summed E-state index contributed by atoms with van der Waals surface area (Å²) < 4.78 is 5.76. The summed E-state index contributed by atoms with van der Waals surface area (Å²) in [5.74, 6) is -0.409. The fourth-order valence-electron chi connectivity index (χ4n) is 3.25. The highest BCUT2D eigenvalue weighted by atomic mass is 16.5. The van der Waals surface area contributed by atoms with E-state index in [1.165, 1.54) is 51.0 Å². The first-order chi connectivity index (χ1) is 13.2. The van der Waals surface area contributed by atoms with Crippen molar-refractivity contribution in [3.8, 4) is 5.75 Å². The van der Waals surface area contributed by atoms with Crippen LogP contribution < -0.4 is 0 Å². The number of rotatable bonds is 15. The normalized spacial score (nSPS) is 12.4. The van der Waals surface area contributed by atoms with E-state index in [1.807, 2.05) is 0 Å². The highest BCUT2D eigenvalue weighted by Gasteiger charge is 2.18. The highest BCUT2D eigenvalue weighted by molar-refractivity contribution is 5.92. The van der Waals surface area contributed by atoms with Crippen LogP contribution in [0, 0.1) is 0 Å². The lowest BCUT2D eigenvalue weighted by atomic mass is 10.0. The van der Waals surface area contributed by atoms with Crippen molar-refractivity contribution in [2.45, 2.75) is 97.0 Å². The van der Waals surface area contributed by atoms with Crippen molar-refractivity contribution >= 4 is 5.97 Å². The van der Waals surface area contributed by atoms with E-state index in [-0.39, 0.29) is 17.4 Å². The largest absolute Gasteiger partial charge is 0.507 e. The van der Waals surface area contributed by atoms with Gasteiger partial charge in [-0.1, -0.05) is 69.7 Å². The van der Waals surface area contributed by atoms with Gasteiger partial charge in [-0.05, 0) is 57.6 Å². The Bertz CT molecular complexity index is 536. The first kappa shape index (κ1) is 23.3. The van der Waals surface area contributed by atoms with Crippen molar-refractivity contribution in [2.24, 2.45) is 0 Å². The van der Waals surface area contributed by atoms with Crippen molar-refractivity contribution in [3.63, 3.8) is 0 Å². The number of esters is 1. The molecule has 1 aromatic carbocycles. The number of phenolic OH excluding ortho intramolecular Hbond substituents is 1. The standard InChI is InChI=1S/C24H38O3/c1-3-5-7-9-10-12-14-18-21(17-13-11-8-6-4-2)27-24(26)22-19-15-16-20-23(22)25/h3,5,15-16,19-21,25H,4,6-14,17-18H2,1-2H3/b5-3+. The third kappa shape index (κ3) is 10.8. The SMILES string of the molecule is C/C=C/CCCCCCC(CCCCCCC)OC(=O)c1ccccc1O. The van der Waals surface area contributed by atoms with Crippen molar-refractivity contribution in [1.29, 1.82) is 0 Å². The van der Waals surface area contributed by atoms with E-state index < -0.39 is 5.97 Å². The summed E-state index contributed by atoms with van der Waals surface area (Å²) in [5, 5.41) is 9.88. The molecule has 0 spiro atoms. The summed E-state index contributed by atoms with van der Waals surface area (Å²) in [4.78, 5) is 12.4. The molecule has 0 aliphatic heterocycles. The molecule has 0 radical (unpaired) electrons. The first-order valence-corrected chi connectivity index (χ1v) is 10.8. The smallest absolute Gasteiger partial charge is 0.342 e. The minimum absolute atomic E-state index is 0.00632. The van der Waals surface area contributed by atoms with Gasteiger partial charge in [0.1, 0.15) is 17.4 Å². The van der Waals surface area contributed by atoms with Crippen LogP contribution in [-0.2, 0) is 4.74 Å². The van der Waals surface area contributed by atoms with E-state index in [1.54, 1.807) is 18.2 Å². The van der Waals surface area contributed by atoms with Crippen LogP contribution in [0.5, 0.6) is 5.75 Å². The van der Waals surface area contributed by atoms with Gasteiger partial charge in [0.15, 0.2) is 0 Å². The molecule has 0 heterocycles. The minimum atomic E-state index is -0.403. The van der Waals surface area contributed by atoms with Gasteiger partial charge in [0.25, 0.3) is 0 Å². The van der Waals surface area contributed by atoms with Gasteiger partial charge in [-0.3, -0.25) is 0 Å². The average molecular weight is 375 g/mol. The summed E-state index contributed by atoms with van der Waals surface area (Å²) in [7, 11) is 0. The zero-order valence-electron chi connectivity index (χ0n) is 17.3. The maximum atomic E-state index is 12.4. The van der Waals surface area contributed by atoms with E-state index in [0.717, 1.165) is 32.1 Å². The van der Waals surface area contributed by atoms with Gasteiger partial charge in [-0.15, -0.1) is 0 Å². The number of aromatic hydroxyl groups is 1. The van der Waals surface area contributed by atoms with Crippen LogP contribution in [0.2, 0.25) is 0 Å². The lowest BCUT2D eigenvalue weighted by molar-refractivity contribution is 0.0246. The Hall–Kier alpha value is -1.77. The molecule has 0 saturated carbocycles. The molecule has 1 atom stereocenters. The Morgan fingerprint density at radius 1 is 1.00 bits per heavy atom. The van der Waals surface area contributed by atoms with Crippen molar-refractivity contribution in [1.82, 2.24) is 0 Å². The first-order valence-electron chi connectivity index (χ1n) is 10.8. The number of carbonyl (C=O) groups is 1. The Morgan fingerprint density at radius 3 is 2.26 bits per heavy atom. The average Bonchev–Trinajstić information content (AvgIpc) is 2.67.